The summed E-state index contributed by atoms with van der Waals surface area (Å²) in [7, 11) is 0. The van der Waals surface area contributed by atoms with Crippen molar-refractivity contribution in [2.75, 3.05) is 6.54 Å². The van der Waals surface area contributed by atoms with Crippen LogP contribution in [-0.2, 0) is 9.59 Å². The Morgan fingerprint density at radius 3 is 2.35 bits per heavy atom. The van der Waals surface area contributed by atoms with Crippen LogP contribution in [0.3, 0.4) is 0 Å². The zero-order chi connectivity index (χ0) is 14.7. The number of carboxylic acid groups (broad SMARTS) is 1. The zero-order valence-electron chi connectivity index (χ0n) is 12.0. The van der Waals surface area contributed by atoms with E-state index in [4.69, 9.17) is 5.11 Å². The zero-order valence-corrected chi connectivity index (χ0v) is 12.0. The molecule has 20 heavy (non-hydrogen) atoms. The number of aliphatic carboxylic acids is 1. The van der Waals surface area contributed by atoms with E-state index in [-0.39, 0.29) is 17.9 Å². The van der Waals surface area contributed by atoms with Gasteiger partial charge in [-0.25, -0.2) is 0 Å². The molecule has 2 rings (SSSR count). The van der Waals surface area contributed by atoms with Gasteiger partial charge in [0.25, 0.3) is 0 Å². The molecule has 0 spiro atoms. The molecule has 1 fully saturated rings. The lowest BCUT2D eigenvalue weighted by Gasteiger charge is -2.27. The van der Waals surface area contributed by atoms with Gasteiger partial charge in [-0.15, -0.1) is 0 Å². The van der Waals surface area contributed by atoms with E-state index in [2.05, 4.69) is 0 Å². The molecule has 2 unspecified atom stereocenters. The van der Waals surface area contributed by atoms with Crippen LogP contribution in [0.5, 0.6) is 0 Å². The number of hydrogen-bond acceptors (Lipinski definition) is 2. The molecule has 108 valence electrons. The number of rotatable bonds is 6. The van der Waals surface area contributed by atoms with Crippen LogP contribution in [0.25, 0.3) is 0 Å². The van der Waals surface area contributed by atoms with Crippen LogP contribution < -0.4 is 0 Å². The summed E-state index contributed by atoms with van der Waals surface area (Å²) in [5.41, 5.74) is 0.978. The topological polar surface area (TPSA) is 57.6 Å². The Bertz CT molecular complexity index is 482. The van der Waals surface area contributed by atoms with Gasteiger partial charge >= 0.3 is 5.97 Å². The third-order valence-electron chi connectivity index (χ3n) is 3.83. The number of nitrogens with zero attached hydrogens (tertiary/aromatic N) is 1. The van der Waals surface area contributed by atoms with Gasteiger partial charge < -0.3 is 10.0 Å². The van der Waals surface area contributed by atoms with Crippen molar-refractivity contribution in [2.24, 2.45) is 5.92 Å². The SMILES string of the molecule is CC(CN(C(=O)C(C)c1ccccc1)C1CC1)C(=O)O. The van der Waals surface area contributed by atoms with Crippen LogP contribution in [0.15, 0.2) is 30.3 Å². The quantitative estimate of drug-likeness (QED) is 0.867. The lowest BCUT2D eigenvalue weighted by atomic mass is 9.99. The smallest absolute Gasteiger partial charge is 0.308 e. The first-order chi connectivity index (χ1) is 9.50. The molecule has 1 aromatic rings. The summed E-state index contributed by atoms with van der Waals surface area (Å²) in [5.74, 6) is -1.57. The number of carbonyl (C=O) groups is 2. The maximum absolute atomic E-state index is 12.6. The van der Waals surface area contributed by atoms with E-state index in [1.165, 1.54) is 0 Å². The molecule has 0 heterocycles. The van der Waals surface area contributed by atoms with E-state index < -0.39 is 11.9 Å². The molecular formula is C16H21NO3. The first-order valence-electron chi connectivity index (χ1n) is 7.09. The number of benzene rings is 1. The largest absolute Gasteiger partial charge is 0.481 e. The van der Waals surface area contributed by atoms with Crippen molar-refractivity contribution in [2.45, 2.75) is 38.6 Å². The van der Waals surface area contributed by atoms with Gasteiger partial charge in [0.2, 0.25) is 5.91 Å². The van der Waals surface area contributed by atoms with Crippen LogP contribution in [-0.4, -0.2) is 34.5 Å². The maximum Gasteiger partial charge on any atom is 0.308 e. The van der Waals surface area contributed by atoms with Crippen LogP contribution >= 0.6 is 0 Å². The highest BCUT2D eigenvalue weighted by molar-refractivity contribution is 5.84. The summed E-state index contributed by atoms with van der Waals surface area (Å²) in [5, 5.41) is 9.03. The number of amides is 1. The molecule has 1 amide bonds. The Balaban J connectivity index is 2.09. The summed E-state index contributed by atoms with van der Waals surface area (Å²) in [4.78, 5) is 25.4. The van der Waals surface area contributed by atoms with E-state index in [0.717, 1.165) is 18.4 Å². The second-order valence-electron chi connectivity index (χ2n) is 5.59. The second-order valence-corrected chi connectivity index (χ2v) is 5.59. The van der Waals surface area contributed by atoms with Crippen LogP contribution in [0, 0.1) is 5.92 Å². The average molecular weight is 275 g/mol. The number of carboxylic acids is 1. The minimum absolute atomic E-state index is 0.0341. The van der Waals surface area contributed by atoms with E-state index >= 15 is 0 Å². The molecule has 1 N–H and O–H groups in total. The third-order valence-corrected chi connectivity index (χ3v) is 3.83. The van der Waals surface area contributed by atoms with Crippen molar-refractivity contribution < 1.29 is 14.7 Å². The molecule has 0 radical (unpaired) electrons. The van der Waals surface area contributed by atoms with Crippen molar-refractivity contribution in [3.8, 4) is 0 Å². The monoisotopic (exact) mass is 275 g/mol. The molecule has 0 aromatic heterocycles. The van der Waals surface area contributed by atoms with Gasteiger partial charge in [0, 0.05) is 12.6 Å². The maximum atomic E-state index is 12.6. The van der Waals surface area contributed by atoms with Crippen LogP contribution in [0.1, 0.15) is 38.2 Å². The van der Waals surface area contributed by atoms with E-state index in [9.17, 15) is 9.59 Å². The highest BCUT2D eigenvalue weighted by Crippen LogP contribution is 2.31. The minimum Gasteiger partial charge on any atom is -0.481 e. The van der Waals surface area contributed by atoms with Crippen molar-refractivity contribution >= 4 is 11.9 Å². The van der Waals surface area contributed by atoms with Crippen molar-refractivity contribution in [3.63, 3.8) is 0 Å². The van der Waals surface area contributed by atoms with Gasteiger partial charge in [-0.1, -0.05) is 37.3 Å². The Kier molecular flexibility index (Phi) is 4.42. The lowest BCUT2D eigenvalue weighted by molar-refractivity contribution is -0.143. The molecule has 1 saturated carbocycles. The molecule has 1 aliphatic rings. The van der Waals surface area contributed by atoms with Gasteiger partial charge in [-0.05, 0) is 25.3 Å². The van der Waals surface area contributed by atoms with Gasteiger partial charge in [0.15, 0.2) is 0 Å². The highest BCUT2D eigenvalue weighted by atomic mass is 16.4. The molecule has 4 nitrogen and oxygen atoms in total. The summed E-state index contributed by atoms with van der Waals surface area (Å²) in [6.07, 6.45) is 1.97. The normalized spacial score (nSPS) is 17.3. The van der Waals surface area contributed by atoms with Gasteiger partial charge in [-0.2, -0.15) is 0 Å². The van der Waals surface area contributed by atoms with Crippen molar-refractivity contribution in [3.05, 3.63) is 35.9 Å². The van der Waals surface area contributed by atoms with Crippen molar-refractivity contribution in [1.82, 2.24) is 4.90 Å². The van der Waals surface area contributed by atoms with E-state index in [1.54, 1.807) is 11.8 Å². The lowest BCUT2D eigenvalue weighted by Crippen LogP contribution is -2.40. The summed E-state index contributed by atoms with van der Waals surface area (Å²) < 4.78 is 0. The average Bonchev–Trinajstić information content (AvgIpc) is 3.28. The molecule has 4 heteroatoms. The Hall–Kier alpha value is -1.84. The van der Waals surface area contributed by atoms with Crippen molar-refractivity contribution in [1.29, 1.82) is 0 Å². The van der Waals surface area contributed by atoms with Gasteiger partial charge in [-0.3, -0.25) is 9.59 Å². The molecule has 1 aromatic carbocycles. The fourth-order valence-electron chi connectivity index (χ4n) is 2.31. The Morgan fingerprint density at radius 1 is 1.25 bits per heavy atom. The van der Waals surface area contributed by atoms with Crippen LogP contribution in [0.4, 0.5) is 0 Å². The number of carbonyl (C=O) groups excluding carboxylic acids is 1. The summed E-state index contributed by atoms with van der Waals surface area (Å²) in [6, 6.07) is 9.87. The minimum atomic E-state index is -0.851. The Labute approximate surface area is 119 Å². The Morgan fingerprint density at radius 2 is 1.85 bits per heavy atom. The van der Waals surface area contributed by atoms with E-state index in [1.807, 2.05) is 37.3 Å². The summed E-state index contributed by atoms with van der Waals surface area (Å²) in [6.45, 7) is 3.84. The fourth-order valence-corrected chi connectivity index (χ4v) is 2.31. The van der Waals surface area contributed by atoms with Gasteiger partial charge in [0.1, 0.15) is 0 Å². The fraction of sp³-hybridized carbons (Fsp3) is 0.500. The second kappa shape index (κ2) is 6.07. The van der Waals surface area contributed by atoms with Crippen LogP contribution in [0.2, 0.25) is 0 Å². The highest BCUT2D eigenvalue weighted by Gasteiger charge is 2.36. The standard InChI is InChI=1S/C16H21NO3/c1-11(16(19)20)10-17(14-8-9-14)15(18)12(2)13-6-4-3-5-7-13/h3-7,11-12,14H,8-10H2,1-2H3,(H,19,20). The predicted molar refractivity (Wildman–Crippen MR) is 76.4 cm³/mol. The molecule has 0 bridgehead atoms. The predicted octanol–water partition coefficient (Wildman–Crippen LogP) is 2.50. The first kappa shape index (κ1) is 14.6. The molecule has 0 saturated heterocycles. The van der Waals surface area contributed by atoms with Gasteiger partial charge in [0.05, 0.1) is 11.8 Å². The molecular weight excluding hydrogens is 254 g/mol. The summed E-state index contributed by atoms with van der Waals surface area (Å²) >= 11 is 0. The molecule has 0 aliphatic heterocycles. The third kappa shape index (κ3) is 3.38. The molecule has 2 atom stereocenters. The number of hydrogen-bond donors (Lipinski definition) is 1. The van der Waals surface area contributed by atoms with E-state index in [0.29, 0.717) is 6.54 Å². The first-order valence-corrected chi connectivity index (χ1v) is 7.09. The molecule has 1 aliphatic carbocycles.